The van der Waals surface area contributed by atoms with Crippen LogP contribution in [0, 0.1) is 0 Å². The first-order chi connectivity index (χ1) is 32.8. The van der Waals surface area contributed by atoms with Gasteiger partial charge in [-0.1, -0.05) is 78.6 Å². The van der Waals surface area contributed by atoms with E-state index >= 15 is 0 Å². The van der Waals surface area contributed by atoms with Crippen molar-refractivity contribution in [3.8, 4) is 0 Å². The molecule has 0 fully saturated rings. The van der Waals surface area contributed by atoms with E-state index in [1.165, 1.54) is 133 Å². The molecule has 0 aliphatic rings. The van der Waals surface area contributed by atoms with Crippen LogP contribution in [0.3, 0.4) is 0 Å². The molecule has 0 bridgehead atoms. The minimum atomic E-state index is -6.96. The van der Waals surface area contributed by atoms with Crippen LogP contribution in [-0.2, 0) is 76.1 Å². The molecular weight excluding hydrogens is 953 g/mol. The van der Waals surface area contributed by atoms with E-state index in [0.717, 1.165) is 77.0 Å². The monoisotopic (exact) mass is 1040 g/mol. The maximum absolute atomic E-state index is 14.3. The summed E-state index contributed by atoms with van der Waals surface area (Å²) >= 11 is -6.96. The quantitative estimate of drug-likeness (QED) is 0.0429. The van der Waals surface area contributed by atoms with E-state index in [1.54, 1.807) is 36.4 Å². The van der Waals surface area contributed by atoms with Crippen molar-refractivity contribution in [2.75, 3.05) is 0 Å². The number of hydrogen-bond donors (Lipinski definition) is 1. The first kappa shape index (κ1) is 60.4. The van der Waals surface area contributed by atoms with E-state index in [0.29, 0.717) is 55.2 Å². The Morgan fingerprint density at radius 1 is 0.324 bits per heavy atom. The summed E-state index contributed by atoms with van der Waals surface area (Å²) in [6.45, 7) is 6.61. The summed E-state index contributed by atoms with van der Waals surface area (Å²) in [4.78, 5) is -0.945. The summed E-state index contributed by atoms with van der Waals surface area (Å²) in [7, 11) is -15.2. The van der Waals surface area contributed by atoms with Gasteiger partial charge in [-0.05, 0) is 0 Å². The normalized spacial score (nSPS) is 12.5. The Bertz CT molecular complexity index is 1910. The van der Waals surface area contributed by atoms with Crippen LogP contribution >= 0.6 is 0 Å². The molecule has 1 N–H and O–H groups in total. The van der Waals surface area contributed by atoms with Gasteiger partial charge in [-0.3, -0.25) is 0 Å². The van der Waals surface area contributed by atoms with E-state index in [2.05, 4.69) is 20.8 Å². The maximum atomic E-state index is 14.3. The van der Waals surface area contributed by atoms with Gasteiger partial charge >= 0.3 is 344 Å². The van der Waals surface area contributed by atoms with Crippen molar-refractivity contribution < 1.29 is 55.4 Å². The van der Waals surface area contributed by atoms with Crippen LogP contribution in [0.5, 0.6) is 0 Å². The number of rotatable bonds is 42. The third-order valence-corrected chi connectivity index (χ3v) is 22.9. The Balaban J connectivity index is 1.83. The van der Waals surface area contributed by atoms with Gasteiger partial charge in [0.15, 0.2) is 0 Å². The van der Waals surface area contributed by atoms with Crippen LogP contribution in [0.4, 0.5) is 0 Å². The smallest absolute Gasteiger partial charge is 0.0654 e. The molecule has 0 aliphatic heterocycles. The molecule has 14 heteroatoms. The molecule has 0 saturated carbocycles. The average molecular weight is 1040 g/mol. The van der Waals surface area contributed by atoms with Crippen LogP contribution in [0.25, 0.3) is 0 Å². The van der Waals surface area contributed by atoms with Crippen molar-refractivity contribution >= 4 is 30.4 Å². The van der Waals surface area contributed by atoms with Crippen molar-refractivity contribution in [3.05, 3.63) is 89.5 Å². The standard InChI is InChI=1S/3C18H30O3S.H2O.Ti/c3*1-2-3-4-5-6-7-8-9-10-11-14-17-15-12-13-16-18(17)22(19,20)21;;/h3*12-13,15-16H,2-11,14H2,1H3,(H,19,20,21);1H2;/q;;;;+4/p-4. The molecule has 3 aromatic carbocycles. The topological polar surface area (TPSA) is 150 Å². The summed E-state index contributed by atoms with van der Waals surface area (Å²) in [5.74, 6) is 0. The molecule has 3 rings (SSSR count). The van der Waals surface area contributed by atoms with Gasteiger partial charge in [0.25, 0.3) is 0 Å². The van der Waals surface area contributed by atoms with E-state index in [9.17, 15) is 28.9 Å². The van der Waals surface area contributed by atoms with E-state index in [-0.39, 0.29) is 14.7 Å². The number of aryl methyl sites for hydroxylation is 3. The van der Waals surface area contributed by atoms with Crippen molar-refractivity contribution in [3.63, 3.8) is 0 Å². The molecule has 0 atom stereocenters. The molecule has 0 radical (unpaired) electrons. The number of hydrogen-bond acceptors (Lipinski definition) is 10. The van der Waals surface area contributed by atoms with Gasteiger partial charge in [-0.15, -0.1) is 0 Å². The molecule has 3 aromatic rings. The molecule has 10 nitrogen and oxygen atoms in total. The van der Waals surface area contributed by atoms with E-state index in [4.69, 9.17) is 8.29 Å². The Labute approximate surface area is 419 Å². The molecule has 0 unspecified atom stereocenters. The van der Waals surface area contributed by atoms with Gasteiger partial charge in [-0.25, -0.2) is 0 Å². The molecule has 0 spiro atoms. The predicted octanol–water partition coefficient (Wildman–Crippen LogP) is 15.4. The minimum absolute atomic E-state index is 0.315. The van der Waals surface area contributed by atoms with Crippen molar-refractivity contribution in [1.82, 2.24) is 0 Å². The fraction of sp³-hybridized carbons (Fsp3) is 0.667. The second kappa shape index (κ2) is 34.4. The summed E-state index contributed by atoms with van der Waals surface area (Å²) in [6, 6.07) is 18.4. The predicted molar refractivity (Wildman–Crippen MR) is 273 cm³/mol. The number of unbranched alkanes of at least 4 members (excludes halogenated alkanes) is 27. The molecule has 68 heavy (non-hydrogen) atoms. The van der Waals surface area contributed by atoms with Crippen molar-refractivity contribution in [1.29, 1.82) is 0 Å². The Morgan fingerprint density at radius 3 is 0.735 bits per heavy atom. The van der Waals surface area contributed by atoms with Gasteiger partial charge in [-0.2, -0.15) is 0 Å². The van der Waals surface area contributed by atoms with Crippen LogP contribution in [0.15, 0.2) is 87.5 Å². The first-order valence-corrected chi connectivity index (χ1v) is 33.4. The van der Waals surface area contributed by atoms with Crippen LogP contribution in [-0.4, -0.2) is 28.9 Å². The zero-order valence-corrected chi connectivity index (χ0v) is 46.1. The van der Waals surface area contributed by atoms with Gasteiger partial charge < -0.3 is 0 Å². The summed E-state index contributed by atoms with van der Waals surface area (Å²) in [6.07, 6.45) is 34.2. The second-order valence-corrected chi connectivity index (χ2v) is 27.3. The third-order valence-electron chi connectivity index (χ3n) is 12.8. The van der Waals surface area contributed by atoms with Crippen molar-refractivity contribution in [2.45, 2.75) is 247 Å². The molecule has 0 saturated heterocycles. The van der Waals surface area contributed by atoms with Gasteiger partial charge in [0, 0.05) is 0 Å². The molecule has 386 valence electrons. The van der Waals surface area contributed by atoms with E-state index in [1.807, 2.05) is 0 Å². The Morgan fingerprint density at radius 2 is 0.515 bits per heavy atom. The molecule has 0 aromatic heterocycles. The zero-order chi connectivity index (χ0) is 49.4. The second-order valence-electron chi connectivity index (χ2n) is 18.8. The molecule has 0 aliphatic carbocycles. The van der Waals surface area contributed by atoms with Gasteiger partial charge in [0.1, 0.15) is 0 Å². The summed E-state index contributed by atoms with van der Waals surface area (Å²) < 4.78 is 114. The van der Waals surface area contributed by atoms with Gasteiger partial charge in [0.2, 0.25) is 0 Å². The van der Waals surface area contributed by atoms with Crippen molar-refractivity contribution in [2.24, 2.45) is 0 Å². The van der Waals surface area contributed by atoms with Crippen LogP contribution < -0.4 is 0 Å². The zero-order valence-electron chi connectivity index (χ0n) is 42.1. The van der Waals surface area contributed by atoms with Crippen LogP contribution in [0.1, 0.15) is 230 Å². The SMILES string of the molecule is CCCCCCCCCCCCc1ccccc1S(=O)(=O)[O][Ti]([OH])([O]S(=O)(=O)c1ccccc1CCCCCCCCCCCC)[O]S(=O)(=O)c1ccccc1CCCCCCCCCCCC. The first-order valence-electron chi connectivity index (χ1n) is 26.6. The summed E-state index contributed by atoms with van der Waals surface area (Å²) in [5, 5.41) is 0. The number of benzene rings is 3. The van der Waals surface area contributed by atoms with Gasteiger partial charge in [0.05, 0.1) is 0 Å². The Hall–Kier alpha value is -1.94. The third kappa shape index (κ3) is 24.0. The fourth-order valence-corrected chi connectivity index (χ4v) is 18.8. The molecule has 0 amide bonds. The molecular formula is C54H88O10S3Ti. The minimum Gasteiger partial charge on any atom is -0.0654 e. The van der Waals surface area contributed by atoms with Crippen LogP contribution in [0.2, 0.25) is 0 Å². The average Bonchev–Trinajstić information content (AvgIpc) is 3.30. The summed E-state index contributed by atoms with van der Waals surface area (Å²) in [5.41, 5.74) is 1.18. The molecule has 0 heterocycles. The fourth-order valence-electron chi connectivity index (χ4n) is 8.86. The van der Waals surface area contributed by atoms with E-state index < -0.39 is 48.5 Å². The Kier molecular flexibility index (Phi) is 30.6.